The lowest BCUT2D eigenvalue weighted by atomic mass is 10.0. The van der Waals surface area contributed by atoms with Crippen LogP contribution in [0.25, 0.3) is 0 Å². The van der Waals surface area contributed by atoms with E-state index < -0.39 is 0 Å². The van der Waals surface area contributed by atoms with Crippen LogP contribution >= 0.6 is 0 Å². The van der Waals surface area contributed by atoms with E-state index in [4.69, 9.17) is 10.5 Å². The molecule has 0 fully saturated rings. The fraction of sp³-hybridized carbons (Fsp3) is 0.312. The van der Waals surface area contributed by atoms with E-state index in [2.05, 4.69) is 24.0 Å². The Bertz CT molecular complexity index is 524. The van der Waals surface area contributed by atoms with Crippen molar-refractivity contribution in [1.82, 2.24) is 4.98 Å². The molecule has 0 aliphatic carbocycles. The monoisotopic (exact) mass is 256 g/mol. The summed E-state index contributed by atoms with van der Waals surface area (Å²) in [5.41, 5.74) is 9.26. The van der Waals surface area contributed by atoms with E-state index in [9.17, 15) is 0 Å². The lowest BCUT2D eigenvalue weighted by molar-refractivity contribution is 0.300. The molecule has 1 unspecified atom stereocenters. The summed E-state index contributed by atoms with van der Waals surface area (Å²) in [6.45, 7) is 4.60. The maximum absolute atomic E-state index is 5.96. The van der Waals surface area contributed by atoms with Gasteiger partial charge in [0.25, 0.3) is 0 Å². The Labute approximate surface area is 114 Å². The van der Waals surface area contributed by atoms with Gasteiger partial charge in [-0.15, -0.1) is 0 Å². The Morgan fingerprint density at radius 2 is 2.11 bits per heavy atom. The highest BCUT2D eigenvalue weighted by molar-refractivity contribution is 5.41. The molecule has 1 atom stereocenters. The maximum atomic E-state index is 5.96. The number of para-hydroxylation sites is 1. The second-order valence-electron chi connectivity index (χ2n) is 4.89. The van der Waals surface area contributed by atoms with E-state index in [1.165, 1.54) is 5.56 Å². The Morgan fingerprint density at radius 1 is 1.26 bits per heavy atom. The average molecular weight is 256 g/mol. The zero-order valence-corrected chi connectivity index (χ0v) is 11.5. The molecule has 1 aromatic carbocycles. The zero-order chi connectivity index (χ0) is 13.7. The third kappa shape index (κ3) is 3.80. The van der Waals surface area contributed by atoms with Gasteiger partial charge >= 0.3 is 0 Å². The van der Waals surface area contributed by atoms with Crippen molar-refractivity contribution in [2.45, 2.75) is 32.9 Å². The van der Waals surface area contributed by atoms with Crippen LogP contribution in [0.4, 0.5) is 0 Å². The van der Waals surface area contributed by atoms with Crippen LogP contribution in [-0.2, 0) is 13.0 Å². The molecule has 2 aromatic rings. The number of aromatic nitrogens is 1. The molecular weight excluding hydrogens is 236 g/mol. The number of hydrogen-bond donors (Lipinski definition) is 1. The number of nitrogens with zero attached hydrogens (tertiary/aromatic N) is 1. The minimum Gasteiger partial charge on any atom is -0.488 e. The Morgan fingerprint density at radius 3 is 2.79 bits per heavy atom. The smallest absolute Gasteiger partial charge is 0.125 e. The summed E-state index contributed by atoms with van der Waals surface area (Å²) in [5.74, 6) is 0.948. The molecule has 0 aliphatic heterocycles. The molecule has 1 aromatic heterocycles. The summed E-state index contributed by atoms with van der Waals surface area (Å²) in [6, 6.07) is 10.2. The third-order valence-corrected chi connectivity index (χ3v) is 2.94. The van der Waals surface area contributed by atoms with Crippen LogP contribution in [0.15, 0.2) is 42.7 Å². The lowest BCUT2D eigenvalue weighted by Crippen LogP contribution is -2.18. The van der Waals surface area contributed by atoms with E-state index in [0.717, 1.165) is 23.3 Å². The summed E-state index contributed by atoms with van der Waals surface area (Å²) >= 11 is 0. The van der Waals surface area contributed by atoms with Gasteiger partial charge in [0.1, 0.15) is 12.4 Å². The van der Waals surface area contributed by atoms with Crippen LogP contribution in [0, 0.1) is 6.92 Å². The first kappa shape index (κ1) is 13.6. The van der Waals surface area contributed by atoms with Gasteiger partial charge in [0.2, 0.25) is 0 Å². The predicted octanol–water partition coefficient (Wildman–Crippen LogP) is 2.86. The van der Waals surface area contributed by atoms with Crippen LogP contribution in [0.5, 0.6) is 5.75 Å². The fourth-order valence-electron chi connectivity index (χ4n) is 2.07. The molecule has 0 saturated carbocycles. The molecule has 1 heterocycles. The van der Waals surface area contributed by atoms with Gasteiger partial charge < -0.3 is 10.5 Å². The highest BCUT2D eigenvalue weighted by atomic mass is 16.5. The quantitative estimate of drug-likeness (QED) is 0.894. The van der Waals surface area contributed by atoms with Gasteiger partial charge in [-0.2, -0.15) is 0 Å². The second kappa shape index (κ2) is 6.34. The van der Waals surface area contributed by atoms with Crippen molar-refractivity contribution in [2.24, 2.45) is 5.73 Å². The number of hydrogen-bond acceptors (Lipinski definition) is 3. The molecule has 3 heteroatoms. The molecule has 0 aliphatic rings. The first-order valence-electron chi connectivity index (χ1n) is 6.52. The molecule has 0 spiro atoms. The van der Waals surface area contributed by atoms with Gasteiger partial charge in [0.05, 0.1) is 0 Å². The minimum absolute atomic E-state index is 0.127. The fourth-order valence-corrected chi connectivity index (χ4v) is 2.07. The van der Waals surface area contributed by atoms with Gasteiger partial charge in [-0.1, -0.05) is 24.3 Å². The second-order valence-corrected chi connectivity index (χ2v) is 4.89. The van der Waals surface area contributed by atoms with E-state index in [1.54, 1.807) is 6.20 Å². The van der Waals surface area contributed by atoms with Crippen molar-refractivity contribution >= 4 is 0 Å². The molecule has 0 radical (unpaired) electrons. The van der Waals surface area contributed by atoms with E-state index in [-0.39, 0.29) is 6.04 Å². The van der Waals surface area contributed by atoms with Crippen molar-refractivity contribution in [3.63, 3.8) is 0 Å². The van der Waals surface area contributed by atoms with E-state index >= 15 is 0 Å². The molecule has 2 rings (SSSR count). The molecular formula is C16H20N2O. The number of ether oxygens (including phenoxy) is 1. The first-order valence-corrected chi connectivity index (χ1v) is 6.52. The van der Waals surface area contributed by atoms with Gasteiger partial charge in [0, 0.05) is 24.0 Å². The van der Waals surface area contributed by atoms with Crippen molar-refractivity contribution in [3.05, 3.63) is 59.4 Å². The standard InChI is InChI=1S/C16H20N2O/c1-12-5-3-7-15(9-13(2)17)16(12)19-11-14-6-4-8-18-10-14/h3-8,10,13H,9,11,17H2,1-2H3. The SMILES string of the molecule is Cc1cccc(CC(C)N)c1OCc1cccnc1. The van der Waals surface area contributed by atoms with Crippen molar-refractivity contribution in [1.29, 1.82) is 0 Å². The predicted molar refractivity (Wildman–Crippen MR) is 77.1 cm³/mol. The summed E-state index contributed by atoms with van der Waals surface area (Å²) in [7, 11) is 0. The number of pyridine rings is 1. The lowest BCUT2D eigenvalue weighted by Gasteiger charge is -2.15. The summed E-state index contributed by atoms with van der Waals surface area (Å²) in [6.07, 6.45) is 4.41. The summed E-state index contributed by atoms with van der Waals surface area (Å²) < 4.78 is 5.96. The van der Waals surface area contributed by atoms with Crippen LogP contribution in [0.1, 0.15) is 23.6 Å². The number of benzene rings is 1. The number of rotatable bonds is 5. The van der Waals surface area contributed by atoms with Gasteiger partial charge in [-0.3, -0.25) is 4.98 Å². The molecule has 100 valence electrons. The Kier molecular flexibility index (Phi) is 4.53. The van der Waals surface area contributed by atoms with E-state index in [1.807, 2.05) is 31.3 Å². The highest BCUT2D eigenvalue weighted by Crippen LogP contribution is 2.25. The first-order chi connectivity index (χ1) is 9.16. The maximum Gasteiger partial charge on any atom is 0.125 e. The molecule has 19 heavy (non-hydrogen) atoms. The van der Waals surface area contributed by atoms with E-state index in [0.29, 0.717) is 6.61 Å². The Hall–Kier alpha value is -1.87. The largest absolute Gasteiger partial charge is 0.488 e. The topological polar surface area (TPSA) is 48.1 Å². The Balaban J connectivity index is 2.14. The third-order valence-electron chi connectivity index (χ3n) is 2.94. The van der Waals surface area contributed by atoms with Crippen LogP contribution in [-0.4, -0.2) is 11.0 Å². The average Bonchev–Trinajstić information content (AvgIpc) is 2.38. The highest BCUT2D eigenvalue weighted by Gasteiger charge is 2.09. The van der Waals surface area contributed by atoms with Crippen LogP contribution in [0.3, 0.4) is 0 Å². The van der Waals surface area contributed by atoms with Gasteiger partial charge in [0.15, 0.2) is 0 Å². The molecule has 0 bridgehead atoms. The van der Waals surface area contributed by atoms with Crippen LogP contribution < -0.4 is 10.5 Å². The van der Waals surface area contributed by atoms with Gasteiger partial charge in [-0.05, 0) is 37.5 Å². The molecule has 2 N–H and O–H groups in total. The van der Waals surface area contributed by atoms with Crippen LogP contribution in [0.2, 0.25) is 0 Å². The summed E-state index contributed by atoms with van der Waals surface area (Å²) in [4.78, 5) is 4.09. The molecule has 0 amide bonds. The normalized spacial score (nSPS) is 12.2. The van der Waals surface area contributed by atoms with Crippen molar-refractivity contribution in [2.75, 3.05) is 0 Å². The van der Waals surface area contributed by atoms with Crippen molar-refractivity contribution < 1.29 is 4.74 Å². The number of nitrogens with two attached hydrogens (primary N) is 1. The minimum atomic E-state index is 0.127. The molecule has 3 nitrogen and oxygen atoms in total. The van der Waals surface area contributed by atoms with Gasteiger partial charge in [-0.25, -0.2) is 0 Å². The summed E-state index contributed by atoms with van der Waals surface area (Å²) in [5, 5.41) is 0. The number of aryl methyl sites for hydroxylation is 1. The molecule has 0 saturated heterocycles. The van der Waals surface area contributed by atoms with Crippen molar-refractivity contribution in [3.8, 4) is 5.75 Å². The zero-order valence-electron chi connectivity index (χ0n) is 11.5.